The van der Waals surface area contributed by atoms with Crippen molar-refractivity contribution < 1.29 is 5.11 Å². The molecule has 0 bridgehead atoms. The lowest BCUT2D eigenvalue weighted by atomic mass is 10.1. The summed E-state index contributed by atoms with van der Waals surface area (Å²) in [7, 11) is 0. The van der Waals surface area contributed by atoms with Crippen LogP contribution in [0.2, 0.25) is 0 Å². The minimum atomic E-state index is 0.259. The maximum Gasteiger partial charge on any atom is 0.153 e. The predicted octanol–water partition coefficient (Wildman–Crippen LogP) is 3.86. The molecule has 1 aliphatic rings. The molecular formula is C16H20N2O. The van der Waals surface area contributed by atoms with Gasteiger partial charge in [-0.05, 0) is 17.9 Å². The van der Waals surface area contributed by atoms with Crippen LogP contribution in [-0.4, -0.2) is 15.7 Å². The molecule has 3 nitrogen and oxygen atoms in total. The first kappa shape index (κ1) is 13.4. The van der Waals surface area contributed by atoms with Gasteiger partial charge < -0.3 is 10.0 Å². The van der Waals surface area contributed by atoms with Crippen LogP contribution in [0.1, 0.15) is 25.8 Å². The van der Waals surface area contributed by atoms with Crippen LogP contribution < -0.4 is 0 Å². The lowest BCUT2D eigenvalue weighted by molar-refractivity contribution is 0.406. The van der Waals surface area contributed by atoms with Crippen LogP contribution in [0.25, 0.3) is 0 Å². The highest BCUT2D eigenvalue weighted by molar-refractivity contribution is 5.98. The Morgan fingerprint density at radius 2 is 1.95 bits per heavy atom. The number of aliphatic hydroxyl groups is 1. The molecule has 19 heavy (non-hydrogen) atoms. The summed E-state index contributed by atoms with van der Waals surface area (Å²) in [5, 5.41) is 10.1. The zero-order chi connectivity index (χ0) is 13.7. The fraction of sp³-hybridized carbons (Fsp3) is 0.312. The van der Waals surface area contributed by atoms with Crippen LogP contribution in [0.15, 0.2) is 59.7 Å². The summed E-state index contributed by atoms with van der Waals surface area (Å²) in [4.78, 5) is 6.26. The molecule has 0 aromatic heterocycles. The first-order chi connectivity index (χ1) is 9.15. The van der Waals surface area contributed by atoms with Gasteiger partial charge in [-0.15, -0.1) is 0 Å². The standard InChI is InChI=1S/C16H20N2O/c1-13(2)10-15-16(19)12-18(9-8-17-15)11-14-6-4-3-5-7-14/h3-9,12-13,19H,10-11H2,1-2H3. The van der Waals surface area contributed by atoms with Crippen LogP contribution in [0.4, 0.5) is 0 Å². The Labute approximate surface area is 114 Å². The van der Waals surface area contributed by atoms with Gasteiger partial charge in [-0.2, -0.15) is 0 Å². The fourth-order valence-electron chi connectivity index (χ4n) is 1.99. The van der Waals surface area contributed by atoms with Gasteiger partial charge in [0.1, 0.15) is 0 Å². The van der Waals surface area contributed by atoms with E-state index in [1.165, 1.54) is 5.56 Å². The van der Waals surface area contributed by atoms with Crippen molar-refractivity contribution in [3.05, 3.63) is 60.3 Å². The molecule has 0 amide bonds. The van der Waals surface area contributed by atoms with Crippen LogP contribution in [0, 0.1) is 5.92 Å². The van der Waals surface area contributed by atoms with Gasteiger partial charge in [0, 0.05) is 25.1 Å². The van der Waals surface area contributed by atoms with E-state index in [0.29, 0.717) is 5.92 Å². The van der Waals surface area contributed by atoms with Crippen LogP contribution in [0.5, 0.6) is 0 Å². The van der Waals surface area contributed by atoms with Crippen molar-refractivity contribution in [1.82, 2.24) is 4.90 Å². The summed E-state index contributed by atoms with van der Waals surface area (Å²) in [6, 6.07) is 10.2. The van der Waals surface area contributed by atoms with Gasteiger partial charge in [-0.3, -0.25) is 4.99 Å². The molecule has 0 saturated heterocycles. The number of aliphatic hydroxyl groups excluding tert-OH is 1. The zero-order valence-electron chi connectivity index (χ0n) is 11.5. The molecule has 0 spiro atoms. The van der Waals surface area contributed by atoms with Gasteiger partial charge in [0.05, 0.1) is 5.71 Å². The van der Waals surface area contributed by atoms with E-state index in [-0.39, 0.29) is 5.76 Å². The summed E-state index contributed by atoms with van der Waals surface area (Å²) in [5.41, 5.74) is 1.95. The minimum absolute atomic E-state index is 0.259. The number of benzene rings is 1. The maximum absolute atomic E-state index is 10.1. The SMILES string of the molecule is CC(C)CC1=NC=CN(Cc2ccccc2)C=C1O. The third-order valence-electron chi connectivity index (χ3n) is 2.88. The lowest BCUT2D eigenvalue weighted by Gasteiger charge is -2.15. The topological polar surface area (TPSA) is 35.8 Å². The molecule has 1 aromatic rings. The Balaban J connectivity index is 2.08. The molecule has 1 heterocycles. The van der Waals surface area contributed by atoms with Crippen LogP contribution in [-0.2, 0) is 6.54 Å². The number of rotatable bonds is 4. The van der Waals surface area contributed by atoms with Crippen molar-refractivity contribution in [2.75, 3.05) is 0 Å². The van der Waals surface area contributed by atoms with Gasteiger partial charge in [0.25, 0.3) is 0 Å². The predicted molar refractivity (Wildman–Crippen MR) is 78.7 cm³/mol. The molecule has 1 N–H and O–H groups in total. The second kappa shape index (κ2) is 6.23. The number of hydrogen-bond donors (Lipinski definition) is 1. The van der Waals surface area contributed by atoms with E-state index >= 15 is 0 Å². The third kappa shape index (κ3) is 3.98. The smallest absolute Gasteiger partial charge is 0.153 e. The van der Waals surface area contributed by atoms with Gasteiger partial charge in [0.15, 0.2) is 5.76 Å². The Morgan fingerprint density at radius 3 is 2.63 bits per heavy atom. The van der Waals surface area contributed by atoms with E-state index in [1.807, 2.05) is 29.3 Å². The second-order valence-corrected chi connectivity index (χ2v) is 5.14. The highest BCUT2D eigenvalue weighted by Gasteiger charge is 2.11. The molecule has 0 unspecified atom stereocenters. The quantitative estimate of drug-likeness (QED) is 0.888. The van der Waals surface area contributed by atoms with Crippen molar-refractivity contribution in [2.45, 2.75) is 26.8 Å². The van der Waals surface area contributed by atoms with E-state index in [2.05, 4.69) is 31.0 Å². The molecule has 3 heteroatoms. The number of aliphatic imine (C=N–C) groups is 1. The molecule has 1 aromatic carbocycles. The molecule has 100 valence electrons. The first-order valence-electron chi connectivity index (χ1n) is 6.59. The van der Waals surface area contributed by atoms with Gasteiger partial charge in [-0.25, -0.2) is 0 Å². The molecule has 0 saturated carbocycles. The highest BCUT2D eigenvalue weighted by atomic mass is 16.3. The van der Waals surface area contributed by atoms with Gasteiger partial charge in [-0.1, -0.05) is 44.2 Å². The van der Waals surface area contributed by atoms with Crippen molar-refractivity contribution in [3.63, 3.8) is 0 Å². The Hall–Kier alpha value is -2.03. The minimum Gasteiger partial charge on any atom is -0.505 e. The first-order valence-corrected chi connectivity index (χ1v) is 6.59. The highest BCUT2D eigenvalue weighted by Crippen LogP contribution is 2.14. The molecule has 0 fully saturated rings. The number of hydrogen-bond acceptors (Lipinski definition) is 3. The molecule has 2 rings (SSSR count). The maximum atomic E-state index is 10.1. The Kier molecular flexibility index (Phi) is 4.39. The zero-order valence-corrected chi connectivity index (χ0v) is 11.5. The fourth-order valence-corrected chi connectivity index (χ4v) is 1.99. The number of nitrogens with zero attached hydrogens (tertiary/aromatic N) is 2. The normalized spacial score (nSPS) is 15.2. The molecule has 1 aliphatic heterocycles. The van der Waals surface area contributed by atoms with E-state index in [4.69, 9.17) is 0 Å². The van der Waals surface area contributed by atoms with E-state index in [9.17, 15) is 5.11 Å². The summed E-state index contributed by atoms with van der Waals surface area (Å²) in [6.45, 7) is 4.96. The van der Waals surface area contributed by atoms with E-state index < -0.39 is 0 Å². The summed E-state index contributed by atoms with van der Waals surface area (Å²) >= 11 is 0. The number of allylic oxidation sites excluding steroid dienone is 1. The summed E-state index contributed by atoms with van der Waals surface area (Å²) in [5.74, 6) is 0.734. The van der Waals surface area contributed by atoms with Crippen molar-refractivity contribution in [3.8, 4) is 0 Å². The molecular weight excluding hydrogens is 236 g/mol. The van der Waals surface area contributed by atoms with Crippen molar-refractivity contribution in [1.29, 1.82) is 0 Å². The average molecular weight is 256 g/mol. The molecule has 0 aliphatic carbocycles. The van der Waals surface area contributed by atoms with Crippen molar-refractivity contribution in [2.24, 2.45) is 10.9 Å². The van der Waals surface area contributed by atoms with Crippen molar-refractivity contribution >= 4 is 5.71 Å². The average Bonchev–Trinajstić information content (AvgIpc) is 2.53. The Morgan fingerprint density at radius 1 is 1.21 bits per heavy atom. The second-order valence-electron chi connectivity index (χ2n) is 5.14. The van der Waals surface area contributed by atoms with Gasteiger partial charge in [0.2, 0.25) is 0 Å². The monoisotopic (exact) mass is 256 g/mol. The third-order valence-corrected chi connectivity index (χ3v) is 2.88. The van der Waals surface area contributed by atoms with E-state index in [0.717, 1.165) is 18.7 Å². The molecule has 0 atom stereocenters. The summed E-state index contributed by atoms with van der Waals surface area (Å²) < 4.78 is 0. The van der Waals surface area contributed by atoms with Crippen LogP contribution >= 0.6 is 0 Å². The summed E-state index contributed by atoms with van der Waals surface area (Å²) in [6.07, 6.45) is 6.17. The largest absolute Gasteiger partial charge is 0.505 e. The van der Waals surface area contributed by atoms with Gasteiger partial charge >= 0.3 is 0 Å². The lowest BCUT2D eigenvalue weighted by Crippen LogP contribution is -2.12. The van der Waals surface area contributed by atoms with Crippen LogP contribution in [0.3, 0.4) is 0 Å². The molecule has 0 radical (unpaired) electrons. The Bertz CT molecular complexity index is 501. The van der Waals surface area contributed by atoms with E-state index in [1.54, 1.807) is 12.4 Å².